The molecule has 1 aliphatic rings. The minimum atomic E-state index is 0.716. The van der Waals surface area contributed by atoms with Crippen molar-refractivity contribution < 1.29 is 0 Å². The molecule has 1 N–H and O–H groups in total. The molecule has 0 amide bonds. The summed E-state index contributed by atoms with van der Waals surface area (Å²) >= 11 is 0. The van der Waals surface area contributed by atoms with Crippen molar-refractivity contribution in [3.63, 3.8) is 0 Å². The van der Waals surface area contributed by atoms with Crippen molar-refractivity contribution in [3.8, 4) is 0 Å². The van der Waals surface area contributed by atoms with Gasteiger partial charge in [-0.15, -0.1) is 0 Å². The summed E-state index contributed by atoms with van der Waals surface area (Å²) in [7, 11) is 0. The van der Waals surface area contributed by atoms with Crippen molar-refractivity contribution in [3.05, 3.63) is 0 Å². The second-order valence-corrected chi connectivity index (χ2v) is 4.68. The Bertz CT molecular complexity index is 114. The van der Waals surface area contributed by atoms with Crippen molar-refractivity contribution in [2.24, 2.45) is 5.92 Å². The van der Waals surface area contributed by atoms with Crippen LogP contribution in [0.15, 0.2) is 0 Å². The Labute approximate surface area is 76.9 Å². The Balaban J connectivity index is 2.11. The molecule has 1 nitrogen and oxygen atoms in total. The van der Waals surface area contributed by atoms with E-state index in [1.54, 1.807) is 0 Å². The average molecular weight is 169 g/mol. The van der Waals surface area contributed by atoms with Gasteiger partial charge in [0.05, 0.1) is 0 Å². The zero-order valence-corrected chi connectivity index (χ0v) is 8.77. The van der Waals surface area contributed by atoms with E-state index in [0.29, 0.717) is 6.04 Å². The monoisotopic (exact) mass is 169 g/mol. The van der Waals surface area contributed by atoms with Gasteiger partial charge in [-0.3, -0.25) is 0 Å². The van der Waals surface area contributed by atoms with Crippen LogP contribution in [0, 0.1) is 5.92 Å². The highest BCUT2D eigenvalue weighted by molar-refractivity contribution is 4.76. The van der Waals surface area contributed by atoms with Crippen LogP contribution < -0.4 is 5.32 Å². The van der Waals surface area contributed by atoms with Crippen LogP contribution in [0.5, 0.6) is 0 Å². The molecule has 1 atom stereocenters. The Kier molecular flexibility index (Phi) is 4.07. The lowest BCUT2D eigenvalue weighted by Gasteiger charge is -2.20. The van der Waals surface area contributed by atoms with Crippen molar-refractivity contribution in [1.82, 2.24) is 5.32 Å². The van der Waals surface area contributed by atoms with Gasteiger partial charge in [0.1, 0.15) is 0 Å². The summed E-state index contributed by atoms with van der Waals surface area (Å²) in [6, 6.07) is 1.55. The van der Waals surface area contributed by atoms with E-state index in [9.17, 15) is 0 Å². The van der Waals surface area contributed by atoms with E-state index in [0.717, 1.165) is 12.0 Å². The summed E-state index contributed by atoms with van der Waals surface area (Å²) in [5, 5.41) is 3.71. The minimum Gasteiger partial charge on any atom is -0.311 e. The molecule has 0 aromatic carbocycles. The predicted molar refractivity (Wildman–Crippen MR) is 54.3 cm³/mol. The highest BCUT2D eigenvalue weighted by atomic mass is 14.9. The molecule has 1 saturated carbocycles. The van der Waals surface area contributed by atoms with Gasteiger partial charge in [0.15, 0.2) is 0 Å². The van der Waals surface area contributed by atoms with Gasteiger partial charge in [-0.25, -0.2) is 0 Å². The van der Waals surface area contributed by atoms with Gasteiger partial charge in [-0.2, -0.15) is 0 Å². The molecule has 0 radical (unpaired) electrons. The van der Waals surface area contributed by atoms with Crippen molar-refractivity contribution >= 4 is 0 Å². The summed E-state index contributed by atoms with van der Waals surface area (Å²) in [6.07, 6.45) is 7.00. The Morgan fingerprint density at radius 2 is 1.75 bits per heavy atom. The van der Waals surface area contributed by atoms with E-state index in [1.807, 2.05) is 0 Å². The molecule has 1 rings (SSSR count). The maximum Gasteiger partial charge on any atom is 0.00695 e. The number of nitrogens with one attached hydrogen (secondary N) is 1. The molecule has 0 aliphatic heterocycles. The molecule has 1 unspecified atom stereocenters. The van der Waals surface area contributed by atoms with Crippen molar-refractivity contribution in [1.29, 1.82) is 0 Å². The first kappa shape index (κ1) is 10.0. The molecule has 12 heavy (non-hydrogen) atoms. The molecule has 0 bridgehead atoms. The molecular formula is C11H23N. The van der Waals surface area contributed by atoms with E-state index >= 15 is 0 Å². The van der Waals surface area contributed by atoms with E-state index in [-0.39, 0.29) is 0 Å². The highest BCUT2D eigenvalue weighted by Crippen LogP contribution is 2.19. The normalized spacial score (nSPS) is 22.0. The summed E-state index contributed by atoms with van der Waals surface area (Å²) in [5.41, 5.74) is 0. The summed E-state index contributed by atoms with van der Waals surface area (Å²) in [4.78, 5) is 0. The maximum absolute atomic E-state index is 3.71. The number of rotatable bonds is 4. The molecular weight excluding hydrogens is 146 g/mol. The highest BCUT2D eigenvalue weighted by Gasteiger charge is 2.16. The molecule has 1 heteroatoms. The van der Waals surface area contributed by atoms with Crippen LogP contribution in [0.2, 0.25) is 0 Å². The Hall–Kier alpha value is -0.0400. The van der Waals surface area contributed by atoms with Gasteiger partial charge >= 0.3 is 0 Å². The van der Waals surface area contributed by atoms with Gasteiger partial charge in [0, 0.05) is 12.1 Å². The average Bonchev–Trinajstić information content (AvgIpc) is 2.37. The van der Waals surface area contributed by atoms with Crippen molar-refractivity contribution in [2.45, 2.75) is 65.0 Å². The lowest BCUT2D eigenvalue weighted by molar-refractivity contribution is 0.391. The first-order valence-electron chi connectivity index (χ1n) is 5.44. The third kappa shape index (κ3) is 3.57. The third-order valence-electron chi connectivity index (χ3n) is 2.70. The molecule has 0 aromatic rings. The fourth-order valence-electron chi connectivity index (χ4n) is 2.27. The molecule has 0 saturated heterocycles. The summed E-state index contributed by atoms with van der Waals surface area (Å²) in [6.45, 7) is 6.91. The summed E-state index contributed by atoms with van der Waals surface area (Å²) < 4.78 is 0. The third-order valence-corrected chi connectivity index (χ3v) is 2.70. The largest absolute Gasteiger partial charge is 0.311 e. The van der Waals surface area contributed by atoms with Crippen LogP contribution in [0.1, 0.15) is 52.9 Å². The van der Waals surface area contributed by atoms with Crippen LogP contribution in [0.4, 0.5) is 0 Å². The number of hydrogen-bond acceptors (Lipinski definition) is 1. The second kappa shape index (κ2) is 4.86. The molecule has 1 fully saturated rings. The standard InChI is InChI=1S/C11H23N/c1-9(2)8-10(3)12-11-6-4-5-7-11/h9-12H,4-8H2,1-3H3. The second-order valence-electron chi connectivity index (χ2n) is 4.68. The smallest absolute Gasteiger partial charge is 0.00695 e. The predicted octanol–water partition coefficient (Wildman–Crippen LogP) is 2.95. The van der Waals surface area contributed by atoms with Crippen LogP contribution in [0.25, 0.3) is 0 Å². The quantitative estimate of drug-likeness (QED) is 0.682. The van der Waals surface area contributed by atoms with E-state index in [1.165, 1.54) is 32.1 Å². The van der Waals surface area contributed by atoms with Crippen molar-refractivity contribution in [2.75, 3.05) is 0 Å². The minimum absolute atomic E-state index is 0.716. The lowest BCUT2D eigenvalue weighted by Crippen LogP contribution is -2.35. The van der Waals surface area contributed by atoms with E-state index in [4.69, 9.17) is 0 Å². The van der Waals surface area contributed by atoms with Crippen LogP contribution >= 0.6 is 0 Å². The molecule has 72 valence electrons. The lowest BCUT2D eigenvalue weighted by atomic mass is 10.0. The number of hydrogen-bond donors (Lipinski definition) is 1. The SMILES string of the molecule is CC(C)CC(C)NC1CCCC1. The van der Waals surface area contributed by atoms with Crippen LogP contribution in [0.3, 0.4) is 0 Å². The topological polar surface area (TPSA) is 12.0 Å². The zero-order chi connectivity index (χ0) is 8.97. The van der Waals surface area contributed by atoms with Gasteiger partial charge in [0.25, 0.3) is 0 Å². The fraction of sp³-hybridized carbons (Fsp3) is 1.00. The first-order valence-corrected chi connectivity index (χ1v) is 5.44. The maximum atomic E-state index is 3.71. The fourth-order valence-corrected chi connectivity index (χ4v) is 2.27. The molecule has 0 heterocycles. The zero-order valence-electron chi connectivity index (χ0n) is 8.77. The van der Waals surface area contributed by atoms with Gasteiger partial charge < -0.3 is 5.32 Å². The Morgan fingerprint density at radius 1 is 1.17 bits per heavy atom. The van der Waals surface area contributed by atoms with Gasteiger partial charge in [0.2, 0.25) is 0 Å². The molecule has 0 spiro atoms. The van der Waals surface area contributed by atoms with Crippen LogP contribution in [-0.4, -0.2) is 12.1 Å². The van der Waals surface area contributed by atoms with E-state index in [2.05, 4.69) is 26.1 Å². The molecule has 0 aromatic heterocycles. The Morgan fingerprint density at radius 3 is 2.25 bits per heavy atom. The van der Waals surface area contributed by atoms with Gasteiger partial charge in [-0.1, -0.05) is 26.7 Å². The van der Waals surface area contributed by atoms with Crippen LogP contribution in [-0.2, 0) is 0 Å². The van der Waals surface area contributed by atoms with E-state index < -0.39 is 0 Å². The molecule has 1 aliphatic carbocycles. The summed E-state index contributed by atoms with van der Waals surface area (Å²) in [5.74, 6) is 0.828. The first-order chi connectivity index (χ1) is 5.68. The van der Waals surface area contributed by atoms with Gasteiger partial charge in [-0.05, 0) is 32.1 Å².